The molecule has 0 aromatic heterocycles. The van der Waals surface area contributed by atoms with Crippen LogP contribution in [0.1, 0.15) is 32.6 Å². The second-order valence-corrected chi connectivity index (χ2v) is 3.68. The third-order valence-corrected chi connectivity index (χ3v) is 2.58. The Morgan fingerprint density at radius 3 is 2.50 bits per heavy atom. The number of esters is 1. The number of rotatable bonds is 5. The molecule has 1 fully saturated rings. The lowest BCUT2D eigenvalue weighted by Crippen LogP contribution is -2.38. The molecule has 0 heterocycles. The van der Waals surface area contributed by atoms with Crippen LogP contribution in [0.25, 0.3) is 0 Å². The Hall–Kier alpha value is -1.06. The summed E-state index contributed by atoms with van der Waals surface area (Å²) in [5.41, 5.74) is -0.845. The maximum Gasteiger partial charge on any atom is 0.321 e. The highest BCUT2D eigenvalue weighted by molar-refractivity contribution is 6.05. The Balaban J connectivity index is 2.40. The number of unbranched alkanes of at least 4 members (excludes halogenated alkanes) is 1. The molecule has 80 valence electrons. The number of carbonyl (C=O) groups excluding carboxylic acids is 2. The number of carbonyl (C=O) groups is 2. The summed E-state index contributed by atoms with van der Waals surface area (Å²) in [5.74, 6) is -0.565. The second-order valence-electron chi connectivity index (χ2n) is 3.68. The molecule has 0 bridgehead atoms. The summed E-state index contributed by atoms with van der Waals surface area (Å²) in [4.78, 5) is 22.9. The van der Waals surface area contributed by atoms with Crippen LogP contribution in [0.5, 0.6) is 0 Å². The normalized spacial score (nSPS) is 17.3. The van der Waals surface area contributed by atoms with Crippen molar-refractivity contribution >= 4 is 11.9 Å². The molecule has 4 heteroatoms. The first-order valence-electron chi connectivity index (χ1n) is 5.04. The molecule has 0 atom stereocenters. The summed E-state index contributed by atoms with van der Waals surface area (Å²) in [5, 5.41) is 2.76. The maximum atomic E-state index is 11.6. The van der Waals surface area contributed by atoms with Gasteiger partial charge in [-0.2, -0.15) is 0 Å². The number of nitrogens with one attached hydrogen (secondary N) is 1. The zero-order valence-corrected chi connectivity index (χ0v) is 8.76. The third kappa shape index (κ3) is 2.05. The minimum Gasteiger partial charge on any atom is -0.468 e. The van der Waals surface area contributed by atoms with Gasteiger partial charge >= 0.3 is 5.97 Å². The van der Waals surface area contributed by atoms with Crippen molar-refractivity contribution in [3.05, 3.63) is 0 Å². The van der Waals surface area contributed by atoms with E-state index in [9.17, 15) is 9.59 Å². The monoisotopic (exact) mass is 199 g/mol. The average Bonchev–Trinajstić information content (AvgIpc) is 2.98. The standard InChI is InChI=1S/C10H17NO3/c1-3-4-7-11-8(12)10(5-6-10)9(13)14-2/h3-7H2,1-2H3,(H,11,12). The molecule has 0 radical (unpaired) electrons. The van der Waals surface area contributed by atoms with E-state index in [-0.39, 0.29) is 5.91 Å². The lowest BCUT2D eigenvalue weighted by atomic mass is 10.1. The first-order chi connectivity index (χ1) is 6.67. The van der Waals surface area contributed by atoms with Crippen molar-refractivity contribution in [3.8, 4) is 0 Å². The van der Waals surface area contributed by atoms with E-state index in [2.05, 4.69) is 17.0 Å². The van der Waals surface area contributed by atoms with Crippen LogP contribution in [0.15, 0.2) is 0 Å². The van der Waals surface area contributed by atoms with Gasteiger partial charge in [-0.15, -0.1) is 0 Å². The van der Waals surface area contributed by atoms with Crippen LogP contribution in [-0.2, 0) is 14.3 Å². The largest absolute Gasteiger partial charge is 0.468 e. The molecule has 1 amide bonds. The Labute approximate surface area is 84.0 Å². The summed E-state index contributed by atoms with van der Waals surface area (Å²) >= 11 is 0. The van der Waals surface area contributed by atoms with Crippen molar-refractivity contribution in [3.63, 3.8) is 0 Å². The highest BCUT2D eigenvalue weighted by Gasteiger charge is 2.57. The summed E-state index contributed by atoms with van der Waals surface area (Å²) in [6, 6.07) is 0. The van der Waals surface area contributed by atoms with Crippen LogP contribution in [-0.4, -0.2) is 25.5 Å². The zero-order valence-electron chi connectivity index (χ0n) is 8.76. The van der Waals surface area contributed by atoms with Gasteiger partial charge in [0.05, 0.1) is 7.11 Å². The number of amides is 1. The Kier molecular flexibility index (Phi) is 3.49. The van der Waals surface area contributed by atoms with Gasteiger partial charge in [-0.05, 0) is 19.3 Å². The number of hydrogen-bond acceptors (Lipinski definition) is 3. The summed E-state index contributed by atoms with van der Waals surface area (Å²) < 4.78 is 4.61. The van der Waals surface area contributed by atoms with Gasteiger partial charge in [0.1, 0.15) is 5.41 Å². The van der Waals surface area contributed by atoms with Gasteiger partial charge in [0.2, 0.25) is 5.91 Å². The number of methoxy groups -OCH3 is 1. The van der Waals surface area contributed by atoms with Crippen molar-refractivity contribution in [2.75, 3.05) is 13.7 Å². The first-order valence-corrected chi connectivity index (χ1v) is 5.04. The Morgan fingerprint density at radius 1 is 1.43 bits per heavy atom. The van der Waals surface area contributed by atoms with Crippen molar-refractivity contribution in [2.45, 2.75) is 32.6 Å². The zero-order chi connectivity index (χ0) is 10.6. The lowest BCUT2D eigenvalue weighted by molar-refractivity contribution is -0.152. The van der Waals surface area contributed by atoms with Crippen LogP contribution in [0, 0.1) is 5.41 Å². The molecular weight excluding hydrogens is 182 g/mol. The average molecular weight is 199 g/mol. The molecule has 0 aliphatic heterocycles. The van der Waals surface area contributed by atoms with Crippen LogP contribution >= 0.6 is 0 Å². The molecule has 0 aromatic rings. The summed E-state index contributed by atoms with van der Waals surface area (Å²) in [7, 11) is 1.32. The number of hydrogen-bond donors (Lipinski definition) is 1. The molecule has 4 nitrogen and oxygen atoms in total. The highest BCUT2D eigenvalue weighted by Crippen LogP contribution is 2.46. The third-order valence-electron chi connectivity index (χ3n) is 2.58. The van der Waals surface area contributed by atoms with Crippen LogP contribution in [0.3, 0.4) is 0 Å². The minimum absolute atomic E-state index is 0.169. The SMILES string of the molecule is CCCCNC(=O)C1(C(=O)OC)CC1. The molecule has 1 aliphatic carbocycles. The quantitative estimate of drug-likeness (QED) is 0.406. The Bertz CT molecular complexity index is 234. The molecule has 14 heavy (non-hydrogen) atoms. The van der Waals surface area contributed by atoms with Gasteiger partial charge in [-0.1, -0.05) is 13.3 Å². The van der Waals surface area contributed by atoms with E-state index < -0.39 is 11.4 Å². The number of ether oxygens (including phenoxy) is 1. The topological polar surface area (TPSA) is 55.4 Å². The van der Waals surface area contributed by atoms with E-state index in [1.807, 2.05) is 0 Å². The van der Waals surface area contributed by atoms with Crippen molar-refractivity contribution in [1.29, 1.82) is 0 Å². The predicted octanol–water partition coefficient (Wildman–Crippen LogP) is 0.856. The predicted molar refractivity (Wildman–Crippen MR) is 51.6 cm³/mol. The van der Waals surface area contributed by atoms with Gasteiger partial charge in [-0.3, -0.25) is 9.59 Å². The highest BCUT2D eigenvalue weighted by atomic mass is 16.5. The smallest absolute Gasteiger partial charge is 0.321 e. The fourth-order valence-electron chi connectivity index (χ4n) is 1.39. The fraction of sp³-hybridized carbons (Fsp3) is 0.800. The first kappa shape index (κ1) is 11.0. The van der Waals surface area contributed by atoms with E-state index in [0.29, 0.717) is 19.4 Å². The van der Waals surface area contributed by atoms with E-state index in [4.69, 9.17) is 0 Å². The van der Waals surface area contributed by atoms with Crippen molar-refractivity contribution in [2.24, 2.45) is 5.41 Å². The van der Waals surface area contributed by atoms with E-state index >= 15 is 0 Å². The second kappa shape index (κ2) is 4.44. The van der Waals surface area contributed by atoms with Gasteiger partial charge in [-0.25, -0.2) is 0 Å². The molecule has 0 aromatic carbocycles. The summed E-state index contributed by atoms with van der Waals surface area (Å²) in [6.07, 6.45) is 3.23. The minimum atomic E-state index is -0.845. The van der Waals surface area contributed by atoms with Gasteiger partial charge < -0.3 is 10.1 Å². The Morgan fingerprint density at radius 2 is 2.07 bits per heavy atom. The molecule has 0 spiro atoms. The molecule has 0 saturated heterocycles. The van der Waals surface area contributed by atoms with Crippen molar-refractivity contribution in [1.82, 2.24) is 5.32 Å². The van der Waals surface area contributed by atoms with Crippen LogP contribution in [0.4, 0.5) is 0 Å². The molecule has 1 rings (SSSR count). The summed E-state index contributed by atoms with van der Waals surface area (Å²) in [6.45, 7) is 2.70. The molecule has 1 N–H and O–H groups in total. The molecule has 0 unspecified atom stereocenters. The van der Waals surface area contributed by atoms with Gasteiger partial charge in [0, 0.05) is 6.54 Å². The van der Waals surface area contributed by atoms with Gasteiger partial charge in [0.25, 0.3) is 0 Å². The van der Waals surface area contributed by atoms with Crippen LogP contribution < -0.4 is 5.32 Å². The fourth-order valence-corrected chi connectivity index (χ4v) is 1.39. The van der Waals surface area contributed by atoms with E-state index in [1.165, 1.54) is 7.11 Å². The van der Waals surface area contributed by atoms with Crippen molar-refractivity contribution < 1.29 is 14.3 Å². The van der Waals surface area contributed by atoms with E-state index in [1.54, 1.807) is 0 Å². The molecule has 1 saturated carbocycles. The lowest BCUT2D eigenvalue weighted by Gasteiger charge is -2.12. The van der Waals surface area contributed by atoms with Gasteiger partial charge in [0.15, 0.2) is 0 Å². The van der Waals surface area contributed by atoms with Crippen LogP contribution in [0.2, 0.25) is 0 Å². The molecule has 1 aliphatic rings. The maximum absolute atomic E-state index is 11.6. The molecular formula is C10H17NO3. The van der Waals surface area contributed by atoms with E-state index in [0.717, 1.165) is 12.8 Å².